The first-order chi connectivity index (χ1) is 14.4. The Morgan fingerprint density at radius 2 is 1.90 bits per heavy atom. The Labute approximate surface area is 174 Å². The summed E-state index contributed by atoms with van der Waals surface area (Å²) in [5.41, 5.74) is 2.88. The number of fused-ring (bicyclic) bond motifs is 3. The summed E-state index contributed by atoms with van der Waals surface area (Å²) in [6.45, 7) is 2.57. The number of halogens is 1. The maximum atomic E-state index is 13.8. The lowest BCUT2D eigenvalue weighted by atomic mass is 9.90. The predicted molar refractivity (Wildman–Crippen MR) is 109 cm³/mol. The minimum atomic E-state index is -0.432. The maximum Gasteiger partial charge on any atom is 0.322 e. The van der Waals surface area contributed by atoms with Gasteiger partial charge in [-0.25, -0.2) is 9.18 Å². The van der Waals surface area contributed by atoms with Crippen LogP contribution >= 0.6 is 0 Å². The molecule has 1 N–H and O–H groups in total. The van der Waals surface area contributed by atoms with E-state index < -0.39 is 11.8 Å². The third kappa shape index (κ3) is 3.53. The quantitative estimate of drug-likeness (QED) is 0.839. The molecule has 7 nitrogen and oxygen atoms in total. The lowest BCUT2D eigenvalue weighted by molar-refractivity contribution is -0.139. The van der Waals surface area contributed by atoms with E-state index in [0.717, 1.165) is 11.1 Å². The summed E-state index contributed by atoms with van der Waals surface area (Å²) in [4.78, 5) is 28.8. The van der Waals surface area contributed by atoms with Crippen LogP contribution in [0.3, 0.4) is 0 Å². The second kappa shape index (κ2) is 7.85. The highest BCUT2D eigenvalue weighted by molar-refractivity contribution is 5.93. The van der Waals surface area contributed by atoms with Crippen molar-refractivity contribution in [2.24, 2.45) is 0 Å². The molecule has 1 saturated heterocycles. The van der Waals surface area contributed by atoms with E-state index >= 15 is 0 Å². The topological polar surface area (TPSA) is 71.1 Å². The van der Waals surface area contributed by atoms with E-state index in [-0.39, 0.29) is 18.5 Å². The van der Waals surface area contributed by atoms with E-state index in [0.29, 0.717) is 42.3 Å². The Bertz CT molecular complexity index is 1010. The summed E-state index contributed by atoms with van der Waals surface area (Å²) < 4.78 is 24.6. The molecule has 2 aromatic carbocycles. The Morgan fingerprint density at radius 1 is 1.17 bits per heavy atom. The molecule has 1 atom stereocenters. The molecule has 0 aliphatic carbocycles. The van der Waals surface area contributed by atoms with Gasteiger partial charge in [0.1, 0.15) is 12.4 Å². The molecule has 3 amide bonds. The van der Waals surface area contributed by atoms with Crippen LogP contribution in [0.5, 0.6) is 11.5 Å². The van der Waals surface area contributed by atoms with Crippen LogP contribution in [0.25, 0.3) is 0 Å². The fourth-order valence-electron chi connectivity index (χ4n) is 4.08. The van der Waals surface area contributed by atoms with Crippen molar-refractivity contribution in [3.05, 3.63) is 52.8 Å². The van der Waals surface area contributed by atoms with Crippen molar-refractivity contribution < 1.29 is 23.5 Å². The van der Waals surface area contributed by atoms with E-state index in [4.69, 9.17) is 9.47 Å². The molecule has 0 radical (unpaired) electrons. The monoisotopic (exact) mass is 413 g/mol. The van der Waals surface area contributed by atoms with E-state index in [9.17, 15) is 14.0 Å². The molecule has 4 rings (SSSR count). The van der Waals surface area contributed by atoms with Crippen LogP contribution in [0.4, 0.5) is 14.9 Å². The van der Waals surface area contributed by atoms with Crippen molar-refractivity contribution in [3.8, 4) is 11.5 Å². The number of carbonyl (C=O) groups excluding carboxylic acids is 2. The number of methoxy groups -OCH3 is 2. The minimum absolute atomic E-state index is 0.0146. The van der Waals surface area contributed by atoms with E-state index in [2.05, 4.69) is 5.32 Å². The smallest absolute Gasteiger partial charge is 0.322 e. The molecule has 2 aromatic rings. The Morgan fingerprint density at radius 3 is 2.60 bits per heavy atom. The molecule has 1 fully saturated rings. The van der Waals surface area contributed by atoms with Gasteiger partial charge in [0.25, 0.3) is 0 Å². The van der Waals surface area contributed by atoms with Gasteiger partial charge in [-0.3, -0.25) is 4.79 Å². The average Bonchev–Trinajstić information content (AvgIpc) is 2.74. The lowest BCUT2D eigenvalue weighted by Gasteiger charge is -2.44. The zero-order valence-electron chi connectivity index (χ0n) is 17.2. The van der Waals surface area contributed by atoms with Gasteiger partial charge < -0.3 is 24.6 Å². The van der Waals surface area contributed by atoms with Crippen LogP contribution in [0.1, 0.15) is 22.7 Å². The van der Waals surface area contributed by atoms with Gasteiger partial charge in [-0.15, -0.1) is 0 Å². The highest BCUT2D eigenvalue weighted by atomic mass is 19.1. The highest BCUT2D eigenvalue weighted by Gasteiger charge is 2.39. The standard InChI is InChI=1S/C22H24FN3O4/c1-13-4-5-15(9-17(13)23)24-22(28)25-11-18-16-10-20(30-3)19(29-2)8-14(16)6-7-26(18)21(27)12-25/h4-5,8-10,18H,6-7,11-12H2,1-3H3,(H,24,28). The zero-order valence-corrected chi connectivity index (χ0v) is 17.2. The van der Waals surface area contributed by atoms with Crippen LogP contribution < -0.4 is 14.8 Å². The molecule has 0 spiro atoms. The van der Waals surface area contributed by atoms with Crippen molar-refractivity contribution in [3.63, 3.8) is 0 Å². The number of ether oxygens (including phenoxy) is 2. The summed E-state index contributed by atoms with van der Waals surface area (Å²) in [5.74, 6) is 0.720. The predicted octanol–water partition coefficient (Wildman–Crippen LogP) is 3.12. The SMILES string of the molecule is COc1cc2c(cc1OC)C1CN(C(=O)Nc3ccc(C)c(F)c3)CC(=O)N1CC2. The molecule has 0 saturated carbocycles. The fourth-order valence-corrected chi connectivity index (χ4v) is 4.08. The number of benzene rings is 2. The number of amides is 3. The number of aryl methyl sites for hydroxylation is 1. The van der Waals surface area contributed by atoms with Crippen molar-refractivity contribution in [2.75, 3.05) is 39.2 Å². The van der Waals surface area contributed by atoms with Crippen LogP contribution in [-0.2, 0) is 11.2 Å². The molecule has 1 unspecified atom stereocenters. The van der Waals surface area contributed by atoms with Crippen molar-refractivity contribution >= 4 is 17.6 Å². The molecule has 2 heterocycles. The number of carbonyl (C=O) groups is 2. The van der Waals surface area contributed by atoms with E-state index in [1.54, 1.807) is 33.3 Å². The Kier molecular flexibility index (Phi) is 5.24. The summed E-state index contributed by atoms with van der Waals surface area (Å²) in [5, 5.41) is 2.69. The third-order valence-electron chi connectivity index (χ3n) is 5.75. The van der Waals surface area contributed by atoms with E-state index in [1.807, 2.05) is 17.0 Å². The van der Waals surface area contributed by atoms with Crippen molar-refractivity contribution in [1.29, 1.82) is 0 Å². The number of hydrogen-bond acceptors (Lipinski definition) is 4. The minimum Gasteiger partial charge on any atom is -0.493 e. The van der Waals surface area contributed by atoms with Crippen LogP contribution in [0.15, 0.2) is 30.3 Å². The maximum absolute atomic E-state index is 13.8. The highest BCUT2D eigenvalue weighted by Crippen LogP contribution is 2.39. The number of urea groups is 1. The summed E-state index contributed by atoms with van der Waals surface area (Å²) in [6, 6.07) is 7.64. The van der Waals surface area contributed by atoms with Gasteiger partial charge in [-0.2, -0.15) is 0 Å². The van der Waals surface area contributed by atoms with Crippen molar-refractivity contribution in [1.82, 2.24) is 9.80 Å². The van der Waals surface area contributed by atoms with E-state index in [1.165, 1.54) is 11.0 Å². The molecule has 0 bridgehead atoms. The lowest BCUT2D eigenvalue weighted by Crippen LogP contribution is -2.56. The normalized spacial score (nSPS) is 17.9. The number of nitrogens with one attached hydrogen (secondary N) is 1. The molecular formula is C22H24FN3O4. The van der Waals surface area contributed by atoms with Crippen molar-refractivity contribution in [2.45, 2.75) is 19.4 Å². The van der Waals surface area contributed by atoms with Crippen LogP contribution in [-0.4, -0.2) is 55.6 Å². The average molecular weight is 413 g/mol. The van der Waals surface area contributed by atoms with Gasteiger partial charge in [-0.05, 0) is 54.3 Å². The molecule has 2 aliphatic rings. The number of nitrogens with zero attached hydrogens (tertiary/aromatic N) is 2. The number of hydrogen-bond donors (Lipinski definition) is 1. The molecule has 158 valence electrons. The molecule has 0 aromatic heterocycles. The first kappa shape index (κ1) is 20.0. The zero-order chi connectivity index (χ0) is 21.4. The second-order valence-electron chi connectivity index (χ2n) is 7.53. The van der Waals surface area contributed by atoms with Gasteiger partial charge in [0.15, 0.2) is 11.5 Å². The fraction of sp³-hybridized carbons (Fsp3) is 0.364. The van der Waals surface area contributed by atoms with Crippen LogP contribution in [0, 0.1) is 12.7 Å². The van der Waals surface area contributed by atoms with Gasteiger partial charge in [0, 0.05) is 18.8 Å². The molecule has 8 heteroatoms. The van der Waals surface area contributed by atoms with Gasteiger partial charge in [0.2, 0.25) is 5.91 Å². The third-order valence-corrected chi connectivity index (χ3v) is 5.75. The van der Waals surface area contributed by atoms with Gasteiger partial charge >= 0.3 is 6.03 Å². The Balaban J connectivity index is 1.59. The summed E-state index contributed by atoms with van der Waals surface area (Å²) in [7, 11) is 3.15. The first-order valence-electron chi connectivity index (χ1n) is 9.77. The first-order valence-corrected chi connectivity index (χ1v) is 9.77. The van der Waals surface area contributed by atoms with Gasteiger partial charge in [0.05, 0.1) is 20.3 Å². The molecule has 30 heavy (non-hydrogen) atoms. The molecular weight excluding hydrogens is 389 g/mol. The number of anilines is 1. The Hall–Kier alpha value is -3.29. The largest absolute Gasteiger partial charge is 0.493 e. The van der Waals surface area contributed by atoms with Crippen LogP contribution in [0.2, 0.25) is 0 Å². The number of rotatable bonds is 3. The van der Waals surface area contributed by atoms with Gasteiger partial charge in [-0.1, -0.05) is 6.07 Å². The second-order valence-corrected chi connectivity index (χ2v) is 7.53. The summed E-state index contributed by atoms with van der Waals surface area (Å²) in [6.07, 6.45) is 0.715. The molecule has 2 aliphatic heterocycles. The number of piperazine rings is 1. The summed E-state index contributed by atoms with van der Waals surface area (Å²) >= 11 is 0.